The van der Waals surface area contributed by atoms with Crippen LogP contribution in [0.1, 0.15) is 62.3 Å². The molecule has 7 heterocycles. The number of nitrogens with zero attached hydrogens (tertiary/aromatic N) is 3. The van der Waals surface area contributed by atoms with E-state index in [2.05, 4.69) is 168 Å². The largest absolute Gasteiger partial charge is 0.456 e. The summed E-state index contributed by atoms with van der Waals surface area (Å²) in [5, 5.41) is 7.57. The minimum atomic E-state index is -0.0301. The van der Waals surface area contributed by atoms with Crippen molar-refractivity contribution in [1.29, 1.82) is 0 Å². The smallest absolute Gasteiger partial charge is 0.218 e. The molecule has 2 aliphatic heterocycles. The molecule has 12 rings (SSSR count). The molecule has 2 unspecified atom stereocenters. The molecule has 4 nitrogen and oxygen atoms in total. The van der Waals surface area contributed by atoms with Crippen LogP contribution in [-0.4, -0.2) is 4.40 Å². The van der Waals surface area contributed by atoms with Gasteiger partial charge in [-0.3, -0.25) is 0 Å². The van der Waals surface area contributed by atoms with Gasteiger partial charge >= 0.3 is 0 Å². The summed E-state index contributed by atoms with van der Waals surface area (Å²) < 4.78 is 13.9. The first-order valence-corrected chi connectivity index (χ1v) is 19.7. The monoisotopic (exact) mass is 711 g/mol. The lowest BCUT2D eigenvalue weighted by Gasteiger charge is -2.31. The Hall–Kier alpha value is -6.26. The second kappa shape index (κ2) is 10.9. The Bertz CT molecular complexity index is 3260. The molecular formula is C51H41N3O+2. The lowest BCUT2D eigenvalue weighted by atomic mass is 9.77. The van der Waals surface area contributed by atoms with E-state index in [1.54, 1.807) is 0 Å². The van der Waals surface area contributed by atoms with E-state index in [4.69, 9.17) is 11.0 Å². The third kappa shape index (κ3) is 4.23. The highest BCUT2D eigenvalue weighted by Crippen LogP contribution is 2.48. The number of hydrogen-bond donors (Lipinski definition) is 0. The minimum Gasteiger partial charge on any atom is -0.456 e. The van der Waals surface area contributed by atoms with Gasteiger partial charge in [-0.05, 0) is 102 Å². The minimum absolute atomic E-state index is 0.0301. The van der Waals surface area contributed by atoms with Crippen molar-refractivity contribution in [2.75, 3.05) is 0 Å². The fourth-order valence-corrected chi connectivity index (χ4v) is 10.4. The average Bonchev–Trinajstić information content (AvgIpc) is 3.86. The summed E-state index contributed by atoms with van der Waals surface area (Å²) in [5.41, 5.74) is 16.1. The zero-order valence-corrected chi connectivity index (χ0v) is 31.4. The van der Waals surface area contributed by atoms with Crippen molar-refractivity contribution in [1.82, 2.24) is 4.40 Å². The van der Waals surface area contributed by atoms with E-state index in [0.29, 0.717) is 5.92 Å². The number of rotatable bonds is 0. The highest BCUT2D eigenvalue weighted by atomic mass is 16.3. The maximum absolute atomic E-state index is 6.47. The van der Waals surface area contributed by atoms with Crippen LogP contribution in [0.25, 0.3) is 88.2 Å². The van der Waals surface area contributed by atoms with Crippen LogP contribution in [0.3, 0.4) is 0 Å². The molecule has 0 bridgehead atoms. The quantitative estimate of drug-likeness (QED) is 0.144. The second-order valence-electron chi connectivity index (χ2n) is 17.0. The van der Waals surface area contributed by atoms with E-state index in [-0.39, 0.29) is 11.5 Å². The second-order valence-corrected chi connectivity index (χ2v) is 17.0. The first-order chi connectivity index (χ1) is 26.8. The van der Waals surface area contributed by atoms with Gasteiger partial charge in [-0.25, -0.2) is 0 Å². The van der Waals surface area contributed by atoms with Crippen LogP contribution in [0.2, 0.25) is 0 Å². The van der Waals surface area contributed by atoms with Crippen LogP contribution in [0.5, 0.6) is 0 Å². The molecule has 0 aliphatic carbocycles. The summed E-state index contributed by atoms with van der Waals surface area (Å²) >= 11 is 0. The molecule has 55 heavy (non-hydrogen) atoms. The van der Waals surface area contributed by atoms with Crippen molar-refractivity contribution in [2.45, 2.75) is 57.4 Å². The average molecular weight is 712 g/mol. The maximum Gasteiger partial charge on any atom is 0.218 e. The number of pyridine rings is 2. The first-order valence-electron chi connectivity index (χ1n) is 19.7. The Balaban J connectivity index is 1.17. The topological polar surface area (TPSA) is 25.3 Å². The zero-order chi connectivity index (χ0) is 36.7. The molecule has 0 radical (unpaired) electrons. The van der Waals surface area contributed by atoms with Gasteiger partial charge in [0.15, 0.2) is 24.1 Å². The molecule has 0 saturated heterocycles. The first kappa shape index (κ1) is 31.1. The van der Waals surface area contributed by atoms with Crippen LogP contribution >= 0.6 is 0 Å². The highest BCUT2D eigenvalue weighted by molar-refractivity contribution is 6.32. The summed E-state index contributed by atoms with van der Waals surface area (Å²) in [6, 6.07) is 45.5. The van der Waals surface area contributed by atoms with Crippen molar-refractivity contribution in [3.63, 3.8) is 0 Å². The van der Waals surface area contributed by atoms with Crippen molar-refractivity contribution in [2.24, 2.45) is 0 Å². The molecule has 0 amide bonds. The lowest BCUT2D eigenvalue weighted by Crippen LogP contribution is -2.49. The van der Waals surface area contributed by atoms with Gasteiger partial charge in [0.1, 0.15) is 11.2 Å². The number of aromatic nitrogens is 3. The number of allylic oxidation sites excluding steroid dienone is 1. The Morgan fingerprint density at radius 1 is 0.673 bits per heavy atom. The van der Waals surface area contributed by atoms with Gasteiger partial charge in [0.05, 0.1) is 28.5 Å². The number of fused-ring (bicyclic) bond motifs is 19. The number of para-hydroxylation sites is 1. The molecule has 5 aromatic carbocycles. The molecule has 5 aromatic heterocycles. The van der Waals surface area contributed by atoms with Crippen molar-refractivity contribution >= 4 is 65.7 Å². The maximum atomic E-state index is 6.47. The predicted octanol–water partition coefficient (Wildman–Crippen LogP) is 12.1. The van der Waals surface area contributed by atoms with Gasteiger partial charge < -0.3 is 8.82 Å². The van der Waals surface area contributed by atoms with E-state index in [0.717, 1.165) is 36.1 Å². The van der Waals surface area contributed by atoms with E-state index in [9.17, 15) is 0 Å². The molecule has 0 fully saturated rings. The number of aryl methyl sites for hydroxylation is 1. The molecular weight excluding hydrogens is 671 g/mol. The van der Waals surface area contributed by atoms with Gasteiger partial charge in [0, 0.05) is 68.1 Å². The van der Waals surface area contributed by atoms with Crippen molar-refractivity contribution in [3.05, 3.63) is 157 Å². The Labute approximate surface area is 319 Å². The Kier molecular flexibility index (Phi) is 6.18. The highest BCUT2D eigenvalue weighted by Gasteiger charge is 2.42. The molecule has 2 atom stereocenters. The summed E-state index contributed by atoms with van der Waals surface area (Å²) in [6.45, 7) is 11.8. The fraction of sp³-hybridized carbons (Fsp3) is 0.176. The number of furan rings is 1. The standard InChI is InChI=1S/C51H41N3O/c1-30-25-44-35(33-13-5-6-14-34(33)41-16-10-12-24-53(41)44)20-19-31-26-45-38(29-37(31)42-17-9-11-23-52(30)42)39-27-32(51(2,3)4)28-40-48-43(54(45)50(39)40)21-22-47-49(48)36-15-7-8-18-46(36)55-47/h5-18,21-24,26-29,35,44H,1,19-20,25H2,2-4H3/q+2. The van der Waals surface area contributed by atoms with Gasteiger partial charge in [0.2, 0.25) is 11.4 Å². The molecule has 0 spiro atoms. The predicted molar refractivity (Wildman–Crippen MR) is 225 cm³/mol. The molecule has 0 saturated carbocycles. The third-order valence-corrected chi connectivity index (χ3v) is 13.0. The van der Waals surface area contributed by atoms with E-state index >= 15 is 0 Å². The zero-order valence-electron chi connectivity index (χ0n) is 31.4. The van der Waals surface area contributed by atoms with Gasteiger partial charge in [-0.15, -0.1) is 0 Å². The van der Waals surface area contributed by atoms with Crippen LogP contribution in [0.15, 0.2) is 145 Å². The van der Waals surface area contributed by atoms with E-state index < -0.39 is 0 Å². The van der Waals surface area contributed by atoms with Crippen molar-refractivity contribution in [3.8, 4) is 22.5 Å². The fourth-order valence-electron chi connectivity index (χ4n) is 10.4. The van der Waals surface area contributed by atoms with Crippen LogP contribution < -0.4 is 9.13 Å². The van der Waals surface area contributed by atoms with E-state index in [1.165, 1.54) is 88.1 Å². The van der Waals surface area contributed by atoms with Gasteiger partial charge in [-0.2, -0.15) is 9.13 Å². The number of hydrogen-bond acceptors (Lipinski definition) is 1. The third-order valence-electron chi connectivity index (χ3n) is 13.0. The van der Waals surface area contributed by atoms with E-state index in [1.807, 2.05) is 0 Å². The summed E-state index contributed by atoms with van der Waals surface area (Å²) in [5.74, 6) is 0.341. The van der Waals surface area contributed by atoms with Gasteiger partial charge in [0.25, 0.3) is 0 Å². The lowest BCUT2D eigenvalue weighted by molar-refractivity contribution is -0.720. The Morgan fingerprint density at radius 2 is 1.45 bits per heavy atom. The Morgan fingerprint density at radius 3 is 2.35 bits per heavy atom. The summed E-state index contributed by atoms with van der Waals surface area (Å²) in [6.07, 6.45) is 7.37. The molecule has 264 valence electrons. The molecule has 0 N–H and O–H groups in total. The molecule has 4 heteroatoms. The SMILES string of the molecule is C=C1CC2C(CCc3cc4c(cc3-c3cccc[n+]31)c1cc(C(C)(C)C)cc3c5c6c(ccc5n4c13)oc1ccccc16)c1ccccc1-c1cccc[n+]12. The molecule has 2 aliphatic rings. The summed E-state index contributed by atoms with van der Waals surface area (Å²) in [4.78, 5) is 0. The van der Waals surface area contributed by atoms with Gasteiger partial charge in [-0.1, -0.05) is 57.2 Å². The van der Waals surface area contributed by atoms with Crippen molar-refractivity contribution < 1.29 is 13.6 Å². The van der Waals surface area contributed by atoms with Crippen LogP contribution in [0, 0.1) is 0 Å². The molecule has 10 aromatic rings. The normalized spacial score (nSPS) is 17.2. The van der Waals surface area contributed by atoms with Crippen LogP contribution in [0.4, 0.5) is 0 Å². The van der Waals surface area contributed by atoms with Crippen LogP contribution in [-0.2, 0) is 11.8 Å². The summed E-state index contributed by atoms with van der Waals surface area (Å²) in [7, 11) is 0. The number of benzene rings is 5.